The van der Waals surface area contributed by atoms with E-state index in [0.29, 0.717) is 22.4 Å². The van der Waals surface area contributed by atoms with Gasteiger partial charge in [0.2, 0.25) is 5.13 Å². The van der Waals surface area contributed by atoms with Gasteiger partial charge < -0.3 is 0 Å². The number of rotatable bonds is 7. The lowest BCUT2D eigenvalue weighted by Gasteiger charge is -2.07. The molecule has 1 aromatic carbocycles. The van der Waals surface area contributed by atoms with Gasteiger partial charge in [0.1, 0.15) is 11.3 Å². The van der Waals surface area contributed by atoms with E-state index in [1.54, 1.807) is 0 Å². The van der Waals surface area contributed by atoms with Crippen LogP contribution in [-0.2, 0) is 12.2 Å². The maximum absolute atomic E-state index is 12.6. The highest BCUT2D eigenvalue weighted by Crippen LogP contribution is 2.23. The fraction of sp³-hybridized carbons (Fsp3) is 0.312. The van der Waals surface area contributed by atoms with Crippen molar-refractivity contribution >= 4 is 34.1 Å². The van der Waals surface area contributed by atoms with Crippen LogP contribution in [0.5, 0.6) is 0 Å². The maximum atomic E-state index is 12.6. The summed E-state index contributed by atoms with van der Waals surface area (Å²) >= 11 is 2.91. The fourth-order valence-corrected chi connectivity index (χ4v) is 3.91. The van der Waals surface area contributed by atoms with E-state index in [1.807, 2.05) is 24.3 Å². The van der Waals surface area contributed by atoms with Gasteiger partial charge in [0.15, 0.2) is 5.16 Å². The lowest BCUT2D eigenvalue weighted by atomic mass is 10.1. The number of thioether (sulfide) groups is 1. The molecular formula is C16H18N6OS2. The molecule has 2 aromatic heterocycles. The Labute approximate surface area is 153 Å². The number of amides is 1. The van der Waals surface area contributed by atoms with Crippen LogP contribution in [0.2, 0.25) is 0 Å². The number of benzene rings is 1. The molecule has 0 bridgehead atoms. The van der Waals surface area contributed by atoms with Crippen molar-refractivity contribution in [3.05, 3.63) is 46.7 Å². The Balaban J connectivity index is 1.68. The first-order chi connectivity index (χ1) is 12.1. The van der Waals surface area contributed by atoms with E-state index in [-0.39, 0.29) is 5.91 Å². The number of carbonyl (C=O) groups excluding carboxylic acids is 1. The molecule has 130 valence electrons. The van der Waals surface area contributed by atoms with E-state index < -0.39 is 0 Å². The largest absolute Gasteiger partial charge is 0.296 e. The van der Waals surface area contributed by atoms with Gasteiger partial charge >= 0.3 is 0 Å². The molecular weight excluding hydrogens is 356 g/mol. The molecule has 0 spiro atoms. The molecule has 25 heavy (non-hydrogen) atoms. The first-order valence-electron chi connectivity index (χ1n) is 7.81. The molecule has 2 N–H and O–H groups in total. The summed E-state index contributed by atoms with van der Waals surface area (Å²) < 4.78 is 0. The Morgan fingerprint density at radius 3 is 2.92 bits per heavy atom. The third-order valence-corrected chi connectivity index (χ3v) is 5.08. The zero-order valence-electron chi connectivity index (χ0n) is 13.9. The van der Waals surface area contributed by atoms with Crippen LogP contribution < -0.4 is 5.32 Å². The monoisotopic (exact) mass is 374 g/mol. The van der Waals surface area contributed by atoms with Gasteiger partial charge in [-0.15, -0.1) is 10.2 Å². The van der Waals surface area contributed by atoms with Crippen LogP contribution in [0.1, 0.15) is 34.8 Å². The van der Waals surface area contributed by atoms with Gasteiger partial charge in [0.05, 0.1) is 0 Å². The minimum absolute atomic E-state index is 0.180. The highest BCUT2D eigenvalue weighted by molar-refractivity contribution is 7.98. The van der Waals surface area contributed by atoms with Crippen LogP contribution in [0.3, 0.4) is 0 Å². The highest BCUT2D eigenvalue weighted by atomic mass is 32.2. The van der Waals surface area contributed by atoms with Crippen LogP contribution in [0.4, 0.5) is 5.13 Å². The fourth-order valence-electron chi connectivity index (χ4n) is 2.18. The summed E-state index contributed by atoms with van der Waals surface area (Å²) in [4.78, 5) is 16.7. The summed E-state index contributed by atoms with van der Waals surface area (Å²) in [5.41, 5.74) is 1.54. The van der Waals surface area contributed by atoms with Gasteiger partial charge in [-0.05, 0) is 17.5 Å². The Morgan fingerprint density at radius 2 is 2.16 bits per heavy atom. The second-order valence-corrected chi connectivity index (χ2v) is 7.82. The average molecular weight is 374 g/mol. The molecule has 9 heteroatoms. The zero-order valence-corrected chi connectivity index (χ0v) is 15.5. The summed E-state index contributed by atoms with van der Waals surface area (Å²) in [6.07, 6.45) is 2.32. The molecule has 7 nitrogen and oxygen atoms in total. The molecule has 1 amide bonds. The third kappa shape index (κ3) is 4.86. The Morgan fingerprint density at radius 1 is 1.32 bits per heavy atom. The molecule has 0 atom stereocenters. The van der Waals surface area contributed by atoms with Gasteiger partial charge in [-0.3, -0.25) is 15.2 Å². The molecule has 0 aliphatic carbocycles. The van der Waals surface area contributed by atoms with Crippen molar-refractivity contribution < 1.29 is 4.79 Å². The van der Waals surface area contributed by atoms with E-state index in [2.05, 4.69) is 44.5 Å². The minimum Gasteiger partial charge on any atom is -0.296 e. The first kappa shape index (κ1) is 17.6. The zero-order chi connectivity index (χ0) is 17.6. The number of H-pyrrole nitrogens is 1. The topological polar surface area (TPSA) is 96.5 Å². The summed E-state index contributed by atoms with van der Waals surface area (Å²) in [6.45, 7) is 4.25. The van der Waals surface area contributed by atoms with Crippen molar-refractivity contribution in [1.82, 2.24) is 25.4 Å². The number of hydrogen-bond donors (Lipinski definition) is 2. The third-order valence-electron chi connectivity index (χ3n) is 3.29. The van der Waals surface area contributed by atoms with Crippen molar-refractivity contribution in [2.24, 2.45) is 5.92 Å². The summed E-state index contributed by atoms with van der Waals surface area (Å²) in [5.74, 6) is 0.944. The van der Waals surface area contributed by atoms with Gasteiger partial charge in [0.25, 0.3) is 5.91 Å². The summed E-state index contributed by atoms with van der Waals surface area (Å²) in [5, 5.41) is 19.8. The SMILES string of the molecule is CC(C)Cc1nnc(NC(=O)c2ccccc2CSc2ncn[nH]2)s1. The second kappa shape index (κ2) is 8.21. The normalized spacial score (nSPS) is 11.0. The van der Waals surface area contributed by atoms with E-state index in [4.69, 9.17) is 0 Å². The predicted octanol–water partition coefficient (Wildman–Crippen LogP) is 3.40. The molecule has 3 aromatic rings. The second-order valence-electron chi connectivity index (χ2n) is 5.79. The van der Waals surface area contributed by atoms with E-state index in [9.17, 15) is 4.79 Å². The van der Waals surface area contributed by atoms with Crippen LogP contribution in [0.15, 0.2) is 35.7 Å². The molecule has 2 heterocycles. The quantitative estimate of drug-likeness (QED) is 0.615. The number of carbonyl (C=O) groups is 1. The number of nitrogens with one attached hydrogen (secondary N) is 2. The molecule has 0 saturated carbocycles. The van der Waals surface area contributed by atoms with Crippen LogP contribution in [0.25, 0.3) is 0 Å². The van der Waals surface area contributed by atoms with Crippen LogP contribution >= 0.6 is 23.1 Å². The van der Waals surface area contributed by atoms with Crippen LogP contribution in [0, 0.1) is 5.92 Å². The van der Waals surface area contributed by atoms with Crippen LogP contribution in [-0.4, -0.2) is 31.3 Å². The lowest BCUT2D eigenvalue weighted by Crippen LogP contribution is -2.13. The van der Waals surface area contributed by atoms with Crippen molar-refractivity contribution in [3.63, 3.8) is 0 Å². The highest BCUT2D eigenvalue weighted by Gasteiger charge is 2.14. The first-order valence-corrected chi connectivity index (χ1v) is 9.62. The Kier molecular flexibility index (Phi) is 5.77. The number of anilines is 1. The standard InChI is InChI=1S/C16H18N6OS2/c1-10(2)7-13-20-22-16(25-13)19-14(23)12-6-4-3-5-11(12)8-24-15-17-9-18-21-15/h3-6,9-10H,7-8H2,1-2H3,(H,17,18,21)(H,19,22,23). The Hall–Kier alpha value is -2.26. The minimum atomic E-state index is -0.180. The van der Waals surface area contributed by atoms with Crippen molar-refractivity contribution in [1.29, 1.82) is 0 Å². The predicted molar refractivity (Wildman–Crippen MR) is 98.8 cm³/mol. The van der Waals surface area contributed by atoms with Crippen molar-refractivity contribution in [2.45, 2.75) is 31.2 Å². The van der Waals surface area contributed by atoms with Gasteiger partial charge in [-0.1, -0.05) is 55.1 Å². The number of nitrogens with zero attached hydrogens (tertiary/aromatic N) is 4. The van der Waals surface area contributed by atoms with Gasteiger partial charge in [-0.2, -0.15) is 5.10 Å². The summed E-state index contributed by atoms with van der Waals surface area (Å²) in [7, 11) is 0. The van der Waals surface area contributed by atoms with Crippen molar-refractivity contribution in [2.75, 3.05) is 5.32 Å². The molecule has 3 rings (SSSR count). The number of aromatic nitrogens is 5. The van der Waals surface area contributed by atoms with E-state index >= 15 is 0 Å². The average Bonchev–Trinajstić information content (AvgIpc) is 3.24. The molecule has 0 fully saturated rings. The summed E-state index contributed by atoms with van der Waals surface area (Å²) in [6, 6.07) is 7.50. The van der Waals surface area contributed by atoms with Gasteiger partial charge in [-0.25, -0.2) is 4.98 Å². The Bertz CT molecular complexity index is 831. The van der Waals surface area contributed by atoms with E-state index in [1.165, 1.54) is 29.4 Å². The molecule has 0 unspecified atom stereocenters. The lowest BCUT2D eigenvalue weighted by molar-refractivity contribution is 0.102. The number of hydrogen-bond acceptors (Lipinski definition) is 7. The smallest absolute Gasteiger partial charge is 0.257 e. The molecule has 0 aliphatic heterocycles. The molecule has 0 aliphatic rings. The van der Waals surface area contributed by atoms with Crippen molar-refractivity contribution in [3.8, 4) is 0 Å². The van der Waals surface area contributed by atoms with E-state index in [0.717, 1.165) is 22.1 Å². The molecule has 0 saturated heterocycles. The molecule has 0 radical (unpaired) electrons. The maximum Gasteiger partial charge on any atom is 0.257 e. The van der Waals surface area contributed by atoms with Gasteiger partial charge in [0, 0.05) is 17.7 Å². The number of aromatic amines is 1.